The van der Waals surface area contributed by atoms with Crippen molar-refractivity contribution >= 4 is 17.6 Å². The number of halogens is 1. The van der Waals surface area contributed by atoms with Crippen molar-refractivity contribution in [2.24, 2.45) is 18.0 Å². The molecule has 1 aromatic heterocycles. The average Bonchev–Trinajstić information content (AvgIpc) is 3.07. The first kappa shape index (κ1) is 20.6. The number of piperidine rings is 1. The lowest BCUT2D eigenvalue weighted by atomic mass is 9.85. The van der Waals surface area contributed by atoms with Gasteiger partial charge in [-0.15, -0.1) is 0 Å². The minimum atomic E-state index is 0.349. The van der Waals surface area contributed by atoms with Crippen LogP contribution in [0.25, 0.3) is 0 Å². The summed E-state index contributed by atoms with van der Waals surface area (Å²) in [4.78, 5) is 13.3. The Hall–Kier alpha value is -2.12. The SMILES string of the molecule is CN=C(NCC1CCCN(C)C1c1cccc(Cl)c1)N(C)Cc1ncnn1C. The molecule has 8 heteroatoms. The Morgan fingerprint density at radius 1 is 1.39 bits per heavy atom. The molecule has 0 aliphatic carbocycles. The van der Waals surface area contributed by atoms with E-state index in [4.69, 9.17) is 11.6 Å². The molecule has 2 heterocycles. The van der Waals surface area contributed by atoms with Gasteiger partial charge in [-0.25, -0.2) is 4.98 Å². The van der Waals surface area contributed by atoms with Crippen molar-refractivity contribution < 1.29 is 0 Å². The molecule has 2 atom stereocenters. The average molecular weight is 404 g/mol. The molecule has 2 unspecified atom stereocenters. The summed E-state index contributed by atoms with van der Waals surface area (Å²) in [5.74, 6) is 2.25. The monoisotopic (exact) mass is 403 g/mol. The van der Waals surface area contributed by atoms with Gasteiger partial charge in [-0.3, -0.25) is 14.6 Å². The summed E-state index contributed by atoms with van der Waals surface area (Å²) in [6.45, 7) is 2.62. The van der Waals surface area contributed by atoms with Gasteiger partial charge in [0.2, 0.25) is 0 Å². The molecule has 0 amide bonds. The number of aromatic nitrogens is 3. The molecule has 7 nitrogen and oxygen atoms in total. The van der Waals surface area contributed by atoms with E-state index in [9.17, 15) is 0 Å². The van der Waals surface area contributed by atoms with E-state index in [0.29, 0.717) is 18.5 Å². The zero-order valence-electron chi connectivity index (χ0n) is 17.1. The molecule has 0 saturated carbocycles. The lowest BCUT2D eigenvalue weighted by molar-refractivity contribution is 0.122. The largest absolute Gasteiger partial charge is 0.356 e. The Morgan fingerprint density at radius 3 is 2.89 bits per heavy atom. The zero-order valence-corrected chi connectivity index (χ0v) is 17.9. The Bertz CT molecular complexity index is 803. The predicted octanol–water partition coefficient (Wildman–Crippen LogP) is 2.56. The number of nitrogens with zero attached hydrogens (tertiary/aromatic N) is 6. The van der Waals surface area contributed by atoms with Crippen LogP contribution in [-0.4, -0.2) is 64.8 Å². The van der Waals surface area contributed by atoms with Crippen molar-refractivity contribution in [1.82, 2.24) is 29.9 Å². The molecule has 1 fully saturated rings. The molecular weight excluding hydrogens is 374 g/mol. The number of hydrogen-bond acceptors (Lipinski definition) is 4. The van der Waals surface area contributed by atoms with Crippen LogP contribution in [0.15, 0.2) is 35.6 Å². The Labute approximate surface area is 172 Å². The molecule has 2 aromatic rings. The van der Waals surface area contributed by atoms with Crippen LogP contribution < -0.4 is 5.32 Å². The quantitative estimate of drug-likeness (QED) is 0.614. The van der Waals surface area contributed by atoms with Crippen molar-refractivity contribution in [3.8, 4) is 0 Å². The highest BCUT2D eigenvalue weighted by Gasteiger charge is 2.30. The minimum absolute atomic E-state index is 0.349. The molecule has 0 radical (unpaired) electrons. The zero-order chi connectivity index (χ0) is 20.1. The summed E-state index contributed by atoms with van der Waals surface area (Å²) in [6, 6.07) is 8.60. The van der Waals surface area contributed by atoms with Gasteiger partial charge in [0.05, 0.1) is 6.54 Å². The van der Waals surface area contributed by atoms with Crippen LogP contribution in [0.3, 0.4) is 0 Å². The van der Waals surface area contributed by atoms with E-state index in [1.165, 1.54) is 18.4 Å². The summed E-state index contributed by atoms with van der Waals surface area (Å²) in [5.41, 5.74) is 1.28. The molecule has 152 valence electrons. The third-order valence-electron chi connectivity index (χ3n) is 5.48. The molecule has 1 N–H and O–H groups in total. The second kappa shape index (κ2) is 9.39. The summed E-state index contributed by atoms with van der Waals surface area (Å²) in [6.07, 6.45) is 3.96. The summed E-state index contributed by atoms with van der Waals surface area (Å²) >= 11 is 6.26. The summed E-state index contributed by atoms with van der Waals surface area (Å²) in [7, 11) is 7.94. The second-order valence-electron chi connectivity index (χ2n) is 7.47. The van der Waals surface area contributed by atoms with E-state index in [1.54, 1.807) is 11.0 Å². The smallest absolute Gasteiger partial charge is 0.193 e. The van der Waals surface area contributed by atoms with Crippen LogP contribution in [0, 0.1) is 5.92 Å². The topological polar surface area (TPSA) is 61.6 Å². The van der Waals surface area contributed by atoms with Gasteiger partial charge in [-0.2, -0.15) is 5.10 Å². The number of aryl methyl sites for hydroxylation is 1. The molecule has 0 spiro atoms. The van der Waals surface area contributed by atoms with E-state index in [-0.39, 0.29) is 0 Å². The molecule has 28 heavy (non-hydrogen) atoms. The fraction of sp³-hybridized carbons (Fsp3) is 0.550. The highest BCUT2D eigenvalue weighted by Crippen LogP contribution is 2.35. The van der Waals surface area contributed by atoms with Crippen LogP contribution in [0.4, 0.5) is 0 Å². The number of hydrogen-bond donors (Lipinski definition) is 1. The Morgan fingerprint density at radius 2 is 2.21 bits per heavy atom. The van der Waals surface area contributed by atoms with Gasteiger partial charge in [0.1, 0.15) is 12.2 Å². The van der Waals surface area contributed by atoms with Crippen molar-refractivity contribution in [1.29, 1.82) is 0 Å². The van der Waals surface area contributed by atoms with E-state index in [0.717, 1.165) is 29.9 Å². The van der Waals surface area contributed by atoms with Crippen LogP contribution in [0.1, 0.15) is 30.3 Å². The first-order valence-corrected chi connectivity index (χ1v) is 10.1. The summed E-state index contributed by atoms with van der Waals surface area (Å²) < 4.78 is 1.79. The Kier molecular flexibility index (Phi) is 6.91. The van der Waals surface area contributed by atoms with Crippen LogP contribution in [-0.2, 0) is 13.6 Å². The molecule has 1 aromatic carbocycles. The van der Waals surface area contributed by atoms with Gasteiger partial charge in [0, 0.05) is 38.8 Å². The molecule has 3 rings (SSSR count). The van der Waals surface area contributed by atoms with Gasteiger partial charge in [0.25, 0.3) is 0 Å². The molecule has 1 aliphatic rings. The van der Waals surface area contributed by atoms with Crippen molar-refractivity contribution in [3.63, 3.8) is 0 Å². The Balaban J connectivity index is 1.67. The molecule has 0 bridgehead atoms. The number of benzene rings is 1. The normalized spacial score (nSPS) is 21.0. The van der Waals surface area contributed by atoms with Gasteiger partial charge in [0.15, 0.2) is 5.96 Å². The lowest BCUT2D eigenvalue weighted by Gasteiger charge is -2.40. The fourth-order valence-corrected chi connectivity index (χ4v) is 4.25. The molecular formula is C20H30ClN7. The number of likely N-dealkylation sites (tertiary alicyclic amines) is 1. The van der Waals surface area contributed by atoms with Crippen molar-refractivity contribution in [3.05, 3.63) is 47.0 Å². The number of guanidine groups is 1. The number of nitrogens with one attached hydrogen (secondary N) is 1. The number of rotatable bonds is 5. The van der Waals surface area contributed by atoms with Gasteiger partial charge >= 0.3 is 0 Å². The maximum absolute atomic E-state index is 6.26. The van der Waals surface area contributed by atoms with Crippen molar-refractivity contribution in [2.45, 2.75) is 25.4 Å². The van der Waals surface area contributed by atoms with E-state index in [1.807, 2.05) is 33.3 Å². The van der Waals surface area contributed by atoms with Crippen LogP contribution >= 0.6 is 11.6 Å². The van der Waals surface area contributed by atoms with E-state index >= 15 is 0 Å². The maximum atomic E-state index is 6.26. The second-order valence-corrected chi connectivity index (χ2v) is 7.90. The highest BCUT2D eigenvalue weighted by molar-refractivity contribution is 6.30. The predicted molar refractivity (Wildman–Crippen MR) is 113 cm³/mol. The standard InChI is InChI=1S/C20H30ClN7/c1-22-20(27(3)13-18-24-14-25-28(18)4)23-12-16-8-6-10-26(2)19(16)15-7-5-9-17(21)11-15/h5,7,9,11,14,16,19H,6,8,10,12-13H2,1-4H3,(H,22,23). The molecule has 1 aliphatic heterocycles. The van der Waals surface area contributed by atoms with E-state index in [2.05, 4.69) is 49.4 Å². The first-order valence-electron chi connectivity index (χ1n) is 9.70. The molecule has 1 saturated heterocycles. The van der Waals surface area contributed by atoms with Crippen molar-refractivity contribution in [2.75, 3.05) is 34.2 Å². The minimum Gasteiger partial charge on any atom is -0.356 e. The highest BCUT2D eigenvalue weighted by atomic mass is 35.5. The fourth-order valence-electron chi connectivity index (χ4n) is 4.05. The van der Waals surface area contributed by atoms with Crippen LogP contribution in [0.2, 0.25) is 5.02 Å². The lowest BCUT2D eigenvalue weighted by Crippen LogP contribution is -2.45. The number of aliphatic imine (C=N–C) groups is 1. The van der Waals surface area contributed by atoms with Crippen LogP contribution in [0.5, 0.6) is 0 Å². The maximum Gasteiger partial charge on any atom is 0.193 e. The van der Waals surface area contributed by atoms with Gasteiger partial charge in [-0.05, 0) is 50.0 Å². The van der Waals surface area contributed by atoms with Gasteiger partial charge in [-0.1, -0.05) is 23.7 Å². The third-order valence-corrected chi connectivity index (χ3v) is 5.71. The summed E-state index contributed by atoms with van der Waals surface area (Å²) in [5, 5.41) is 8.49. The van der Waals surface area contributed by atoms with Gasteiger partial charge < -0.3 is 10.2 Å². The third kappa shape index (κ3) is 4.83. The first-order chi connectivity index (χ1) is 13.5. The van der Waals surface area contributed by atoms with E-state index < -0.39 is 0 Å².